The first-order valence-electron chi connectivity index (χ1n) is 8.95. The van der Waals surface area contributed by atoms with E-state index in [1.54, 1.807) is 0 Å². The van der Waals surface area contributed by atoms with E-state index in [0.717, 1.165) is 58.8 Å². The molecule has 5 heteroatoms. The van der Waals surface area contributed by atoms with Gasteiger partial charge in [0.05, 0.1) is 19.3 Å². The van der Waals surface area contributed by atoms with Gasteiger partial charge in [0.15, 0.2) is 0 Å². The van der Waals surface area contributed by atoms with Crippen LogP contribution in [-0.4, -0.2) is 73.9 Å². The van der Waals surface area contributed by atoms with Gasteiger partial charge in [-0.05, 0) is 31.6 Å². The van der Waals surface area contributed by atoms with E-state index in [1.807, 2.05) is 0 Å². The van der Waals surface area contributed by atoms with Crippen LogP contribution in [0.4, 0.5) is 0 Å². The largest absolute Gasteiger partial charge is 0.379 e. The molecule has 1 amide bonds. The monoisotopic (exact) mass is 310 g/mol. The zero-order valence-corrected chi connectivity index (χ0v) is 13.8. The third-order valence-corrected chi connectivity index (χ3v) is 5.39. The van der Waals surface area contributed by atoms with Gasteiger partial charge in [-0.15, -0.1) is 0 Å². The molecule has 126 valence electrons. The quantitative estimate of drug-likeness (QED) is 0.789. The molecule has 3 heterocycles. The average molecular weight is 310 g/mol. The van der Waals surface area contributed by atoms with Crippen molar-refractivity contribution in [3.05, 3.63) is 0 Å². The number of hydrogen-bond acceptors (Lipinski definition) is 4. The third kappa shape index (κ3) is 4.00. The number of likely N-dealkylation sites (tertiary alicyclic amines) is 1. The summed E-state index contributed by atoms with van der Waals surface area (Å²) in [5.74, 6) is 0.879. The summed E-state index contributed by atoms with van der Waals surface area (Å²) in [6.07, 6.45) is 5.40. The lowest BCUT2D eigenvalue weighted by Gasteiger charge is -2.34. The number of nitrogens with zero attached hydrogens (tertiary/aromatic N) is 2. The highest BCUT2D eigenvalue weighted by molar-refractivity contribution is 5.76. The first-order chi connectivity index (χ1) is 10.7. The Hall–Kier alpha value is -0.650. The topological polar surface area (TPSA) is 42.0 Å². The molecule has 0 saturated carbocycles. The van der Waals surface area contributed by atoms with Gasteiger partial charge in [-0.3, -0.25) is 9.69 Å². The molecule has 3 saturated heterocycles. The summed E-state index contributed by atoms with van der Waals surface area (Å²) < 4.78 is 11.2. The van der Waals surface area contributed by atoms with Crippen molar-refractivity contribution < 1.29 is 14.3 Å². The predicted molar refractivity (Wildman–Crippen MR) is 84.7 cm³/mol. The number of ether oxygens (including phenoxy) is 2. The molecule has 0 aromatic rings. The molecule has 0 aliphatic carbocycles. The lowest BCUT2D eigenvalue weighted by Crippen LogP contribution is -2.47. The second-order valence-corrected chi connectivity index (χ2v) is 7.02. The van der Waals surface area contributed by atoms with Crippen molar-refractivity contribution >= 4 is 5.91 Å². The van der Waals surface area contributed by atoms with Crippen LogP contribution in [0.3, 0.4) is 0 Å². The van der Waals surface area contributed by atoms with Crippen LogP contribution in [0.5, 0.6) is 0 Å². The van der Waals surface area contributed by atoms with Gasteiger partial charge < -0.3 is 14.4 Å². The van der Waals surface area contributed by atoms with Crippen molar-refractivity contribution in [1.29, 1.82) is 0 Å². The lowest BCUT2D eigenvalue weighted by atomic mass is 10.0. The van der Waals surface area contributed by atoms with E-state index in [4.69, 9.17) is 9.47 Å². The molecule has 3 aliphatic rings. The summed E-state index contributed by atoms with van der Waals surface area (Å²) in [5, 5.41) is 0. The Morgan fingerprint density at radius 1 is 1.14 bits per heavy atom. The molecule has 3 aliphatic heterocycles. The summed E-state index contributed by atoms with van der Waals surface area (Å²) in [6.45, 7) is 8.63. The van der Waals surface area contributed by atoms with Crippen molar-refractivity contribution in [3.8, 4) is 0 Å². The second-order valence-electron chi connectivity index (χ2n) is 7.02. The fourth-order valence-corrected chi connectivity index (χ4v) is 4.02. The summed E-state index contributed by atoms with van der Waals surface area (Å²) in [4.78, 5) is 17.1. The zero-order chi connectivity index (χ0) is 15.4. The molecule has 0 spiro atoms. The molecular weight excluding hydrogens is 280 g/mol. The van der Waals surface area contributed by atoms with Crippen LogP contribution in [0, 0.1) is 5.92 Å². The fourth-order valence-electron chi connectivity index (χ4n) is 4.02. The zero-order valence-electron chi connectivity index (χ0n) is 13.8. The summed E-state index contributed by atoms with van der Waals surface area (Å²) in [5.41, 5.74) is 0. The highest BCUT2D eigenvalue weighted by Gasteiger charge is 2.36. The number of morpholine rings is 1. The number of carbonyl (C=O) groups is 1. The molecule has 0 radical (unpaired) electrons. The van der Waals surface area contributed by atoms with Gasteiger partial charge in [0, 0.05) is 45.2 Å². The van der Waals surface area contributed by atoms with Crippen LogP contribution in [0.2, 0.25) is 0 Å². The van der Waals surface area contributed by atoms with Crippen LogP contribution < -0.4 is 0 Å². The van der Waals surface area contributed by atoms with Crippen molar-refractivity contribution in [2.75, 3.05) is 46.0 Å². The number of hydrogen-bond donors (Lipinski definition) is 0. The van der Waals surface area contributed by atoms with Gasteiger partial charge in [-0.2, -0.15) is 0 Å². The molecule has 0 unspecified atom stereocenters. The van der Waals surface area contributed by atoms with E-state index in [0.29, 0.717) is 30.4 Å². The highest BCUT2D eigenvalue weighted by Crippen LogP contribution is 2.24. The first kappa shape index (κ1) is 16.2. The van der Waals surface area contributed by atoms with Crippen LogP contribution in [0.1, 0.15) is 39.0 Å². The number of carbonyl (C=O) groups excluding carboxylic acids is 1. The fraction of sp³-hybridized carbons (Fsp3) is 0.941. The van der Waals surface area contributed by atoms with E-state index in [2.05, 4.69) is 16.7 Å². The van der Waals surface area contributed by atoms with Gasteiger partial charge in [0.25, 0.3) is 0 Å². The second kappa shape index (κ2) is 7.75. The Bertz CT molecular complexity index is 365. The van der Waals surface area contributed by atoms with Crippen molar-refractivity contribution in [1.82, 2.24) is 9.80 Å². The van der Waals surface area contributed by atoms with Crippen LogP contribution in [0.25, 0.3) is 0 Å². The summed E-state index contributed by atoms with van der Waals surface area (Å²) in [7, 11) is 0. The van der Waals surface area contributed by atoms with Gasteiger partial charge in [0.1, 0.15) is 0 Å². The minimum Gasteiger partial charge on any atom is -0.379 e. The molecular formula is C17H30N2O3. The van der Waals surface area contributed by atoms with Gasteiger partial charge in [-0.25, -0.2) is 0 Å². The van der Waals surface area contributed by atoms with Gasteiger partial charge in [0.2, 0.25) is 5.91 Å². The molecule has 22 heavy (non-hydrogen) atoms. The average Bonchev–Trinajstić information content (AvgIpc) is 2.96. The summed E-state index contributed by atoms with van der Waals surface area (Å²) >= 11 is 0. The van der Waals surface area contributed by atoms with E-state index < -0.39 is 0 Å². The first-order valence-corrected chi connectivity index (χ1v) is 8.95. The smallest absolute Gasteiger partial charge is 0.222 e. The van der Waals surface area contributed by atoms with Crippen molar-refractivity contribution in [3.63, 3.8) is 0 Å². The van der Waals surface area contributed by atoms with Gasteiger partial charge >= 0.3 is 0 Å². The maximum Gasteiger partial charge on any atom is 0.222 e. The minimum absolute atomic E-state index is 0.313. The van der Waals surface area contributed by atoms with Crippen LogP contribution in [0.15, 0.2) is 0 Å². The Kier molecular flexibility index (Phi) is 5.71. The van der Waals surface area contributed by atoms with E-state index in [1.165, 1.54) is 12.8 Å². The molecule has 5 nitrogen and oxygen atoms in total. The molecule has 0 aromatic heterocycles. The molecule has 3 fully saturated rings. The Morgan fingerprint density at radius 2 is 1.95 bits per heavy atom. The Balaban J connectivity index is 1.44. The molecule has 3 atom stereocenters. The number of amides is 1. The molecule has 0 bridgehead atoms. The molecule has 0 aromatic carbocycles. The van der Waals surface area contributed by atoms with Crippen molar-refractivity contribution in [2.24, 2.45) is 5.92 Å². The van der Waals surface area contributed by atoms with Crippen molar-refractivity contribution in [2.45, 2.75) is 51.2 Å². The van der Waals surface area contributed by atoms with Crippen LogP contribution >= 0.6 is 0 Å². The Morgan fingerprint density at radius 3 is 2.68 bits per heavy atom. The highest BCUT2D eigenvalue weighted by atomic mass is 16.5. The maximum absolute atomic E-state index is 12.5. The SMILES string of the molecule is C[C@@H]1CN(C(=O)CC[C@@H]2CCCCO2)C[C@@H]1N1CCOCC1. The standard InChI is InChI=1S/C17H30N2O3/c1-14-12-19(13-16(14)18-7-10-21-11-8-18)17(20)6-5-15-4-2-3-9-22-15/h14-16H,2-13H2,1H3/t14-,15+,16+/m1/s1. The summed E-state index contributed by atoms with van der Waals surface area (Å²) in [6, 6.07) is 0.513. The molecule has 0 N–H and O–H groups in total. The molecule has 3 rings (SSSR count). The minimum atomic E-state index is 0.313. The normalized spacial score (nSPS) is 34.0. The Labute approximate surface area is 133 Å². The number of rotatable bonds is 4. The lowest BCUT2D eigenvalue weighted by molar-refractivity contribution is -0.131. The van der Waals surface area contributed by atoms with Crippen LogP contribution in [-0.2, 0) is 14.3 Å². The van der Waals surface area contributed by atoms with E-state index in [-0.39, 0.29) is 0 Å². The van der Waals surface area contributed by atoms with E-state index >= 15 is 0 Å². The third-order valence-electron chi connectivity index (χ3n) is 5.39. The van der Waals surface area contributed by atoms with Gasteiger partial charge in [-0.1, -0.05) is 6.92 Å². The predicted octanol–water partition coefficient (Wildman–Crippen LogP) is 1.51. The van der Waals surface area contributed by atoms with E-state index in [9.17, 15) is 4.79 Å². The maximum atomic E-state index is 12.5.